The molecule has 4 nitrogen and oxygen atoms in total. The third-order valence-electron chi connectivity index (χ3n) is 14.7. The fraction of sp³-hybridized carbons (Fsp3) is 0.143. The van der Waals surface area contributed by atoms with Crippen LogP contribution in [0.3, 0.4) is 0 Å². The molecule has 0 fully saturated rings. The predicted octanol–water partition coefficient (Wildman–Crippen LogP) is 17.1. The minimum atomic E-state index is -0.0384. The first-order valence-electron chi connectivity index (χ1n) is 23.7. The van der Waals surface area contributed by atoms with Gasteiger partial charge in [0.05, 0.1) is 44.8 Å². The molecule has 0 N–H and O–H groups in total. The van der Waals surface area contributed by atoms with E-state index in [4.69, 9.17) is 0 Å². The molecule has 0 bridgehead atoms. The Kier molecular flexibility index (Phi) is 8.46. The van der Waals surface area contributed by atoms with E-state index < -0.39 is 0 Å². The van der Waals surface area contributed by atoms with Crippen LogP contribution in [0.4, 0.5) is 34.1 Å². The summed E-state index contributed by atoms with van der Waals surface area (Å²) in [6.45, 7) is 17.7. The number of aryl methyl sites for hydroxylation is 8. The smallest absolute Gasteiger partial charge is 0.0951 e. The van der Waals surface area contributed by atoms with Gasteiger partial charge in [0.25, 0.3) is 0 Å². The number of hydrogen-bond acceptors (Lipinski definition) is 2. The predicted molar refractivity (Wildman–Crippen MR) is 283 cm³/mol. The maximum Gasteiger partial charge on any atom is 0.0951 e. The van der Waals surface area contributed by atoms with Crippen molar-refractivity contribution in [3.05, 3.63) is 225 Å². The SMILES string of the molecule is Cc1ccc(N(c2ccc(C)cc2)c2cc3c4c(c2N(c2ccc(C)cc2)c2ccc(C)cc2)-n2c5ccc(C)cc5c5cc(C)cc(c52)C4c2cc(C)cc4c5cc(C)ccc5n-3c24)cc1. The fourth-order valence-electron chi connectivity index (χ4n) is 11.6. The third-order valence-corrected chi connectivity index (χ3v) is 14.7. The summed E-state index contributed by atoms with van der Waals surface area (Å²) in [5, 5.41) is 5.19. The molecule has 13 rings (SSSR count). The van der Waals surface area contributed by atoms with Crippen molar-refractivity contribution in [3.8, 4) is 11.4 Å². The van der Waals surface area contributed by atoms with Gasteiger partial charge >= 0.3 is 0 Å². The molecule has 2 aromatic heterocycles. The quantitative estimate of drug-likeness (QED) is 0.166. The topological polar surface area (TPSA) is 16.3 Å². The number of anilines is 6. The Balaban J connectivity index is 1.32. The van der Waals surface area contributed by atoms with E-state index in [-0.39, 0.29) is 5.92 Å². The second-order valence-electron chi connectivity index (χ2n) is 19.7. The summed E-state index contributed by atoms with van der Waals surface area (Å²) in [6, 6.07) is 63.0. The molecule has 0 amide bonds. The van der Waals surface area contributed by atoms with Gasteiger partial charge in [-0.1, -0.05) is 117 Å². The lowest BCUT2D eigenvalue weighted by molar-refractivity contribution is 0.879. The number of fused-ring (bicyclic) bond motifs is 10. The highest BCUT2D eigenvalue weighted by Gasteiger charge is 2.43. The molecular weight excluding hydrogens is 813 g/mol. The van der Waals surface area contributed by atoms with Gasteiger partial charge < -0.3 is 18.9 Å². The van der Waals surface area contributed by atoms with Crippen molar-refractivity contribution in [1.82, 2.24) is 9.13 Å². The van der Waals surface area contributed by atoms with Crippen molar-refractivity contribution in [2.45, 2.75) is 61.3 Å². The molecule has 67 heavy (non-hydrogen) atoms. The minimum Gasteiger partial charge on any atom is -0.308 e. The van der Waals surface area contributed by atoms with Gasteiger partial charge in [0.1, 0.15) is 0 Å². The van der Waals surface area contributed by atoms with E-state index in [1.807, 2.05) is 0 Å². The number of hydrogen-bond donors (Lipinski definition) is 0. The van der Waals surface area contributed by atoms with Crippen molar-refractivity contribution < 1.29 is 0 Å². The summed E-state index contributed by atoms with van der Waals surface area (Å²) in [7, 11) is 0. The van der Waals surface area contributed by atoms with Gasteiger partial charge in [0, 0.05) is 55.8 Å². The van der Waals surface area contributed by atoms with Gasteiger partial charge in [-0.15, -0.1) is 0 Å². The Morgan fingerprint density at radius 1 is 0.343 bits per heavy atom. The molecular formula is C63H52N4. The molecule has 1 unspecified atom stereocenters. The lowest BCUT2D eigenvalue weighted by atomic mass is 9.76. The maximum absolute atomic E-state index is 2.67. The largest absolute Gasteiger partial charge is 0.308 e. The summed E-state index contributed by atoms with van der Waals surface area (Å²) >= 11 is 0. The number of rotatable bonds is 6. The van der Waals surface area contributed by atoms with Gasteiger partial charge in [0.2, 0.25) is 0 Å². The summed E-state index contributed by atoms with van der Waals surface area (Å²) in [4.78, 5) is 5.07. The van der Waals surface area contributed by atoms with Crippen molar-refractivity contribution in [2.75, 3.05) is 9.80 Å². The highest BCUT2D eigenvalue weighted by atomic mass is 15.2. The first-order valence-corrected chi connectivity index (χ1v) is 23.7. The maximum atomic E-state index is 2.67. The molecule has 11 aromatic rings. The Labute approximate surface area is 392 Å². The third kappa shape index (κ3) is 5.78. The van der Waals surface area contributed by atoms with Crippen LogP contribution in [0.15, 0.2) is 164 Å². The van der Waals surface area contributed by atoms with Crippen LogP contribution in [0.1, 0.15) is 67.1 Å². The number of nitrogens with zero attached hydrogens (tertiary/aromatic N) is 4. The van der Waals surface area contributed by atoms with E-state index in [9.17, 15) is 0 Å². The second-order valence-corrected chi connectivity index (χ2v) is 19.7. The number of aromatic nitrogens is 2. The summed E-state index contributed by atoms with van der Waals surface area (Å²) in [6.07, 6.45) is 0. The van der Waals surface area contributed by atoms with E-state index in [2.05, 4.69) is 238 Å². The van der Waals surface area contributed by atoms with E-state index >= 15 is 0 Å². The van der Waals surface area contributed by atoms with Crippen LogP contribution in [0.2, 0.25) is 0 Å². The van der Waals surface area contributed by atoms with E-state index in [0.29, 0.717) is 0 Å². The molecule has 0 aliphatic carbocycles. The number of benzene rings is 9. The molecule has 0 radical (unpaired) electrons. The summed E-state index contributed by atoms with van der Waals surface area (Å²) < 4.78 is 5.29. The average Bonchev–Trinajstić information content (AvgIpc) is 3.81. The molecule has 2 aliphatic heterocycles. The molecule has 1 atom stereocenters. The van der Waals surface area contributed by atoms with Crippen molar-refractivity contribution in [3.63, 3.8) is 0 Å². The molecule has 324 valence electrons. The Morgan fingerprint density at radius 3 is 1.16 bits per heavy atom. The van der Waals surface area contributed by atoms with E-state index in [0.717, 1.165) is 34.1 Å². The molecule has 2 aliphatic rings. The standard InChI is InChI=1S/C63H52N4/c1-36-9-19-44(20-10-36)64(45-21-11-37(2)12-22-45)57-35-56-59-58(52-33-42(7)31-50-48-29-40(5)17-27-54(48)66(56)60(50)52)53-34-43(8)32-51-49-30-41(6)18-28-55(49)67(61(51)53)63(59)62(57)65(46-23-13-38(3)14-24-46)47-25-15-39(4)16-26-47/h9-35,58H,1-8H3. The van der Waals surface area contributed by atoms with Crippen LogP contribution >= 0.6 is 0 Å². The van der Waals surface area contributed by atoms with Crippen LogP contribution in [-0.2, 0) is 0 Å². The zero-order chi connectivity index (χ0) is 45.6. The Morgan fingerprint density at radius 2 is 0.716 bits per heavy atom. The van der Waals surface area contributed by atoms with E-state index in [1.54, 1.807) is 0 Å². The Bertz CT molecular complexity index is 3770. The molecule has 0 spiro atoms. The van der Waals surface area contributed by atoms with Crippen LogP contribution in [0, 0.1) is 55.4 Å². The molecule has 4 heterocycles. The molecule has 0 saturated heterocycles. The molecule has 0 saturated carbocycles. The second kappa shape index (κ2) is 14.3. The lowest BCUT2D eigenvalue weighted by Crippen LogP contribution is -2.27. The summed E-state index contributed by atoms with van der Waals surface area (Å²) in [5.41, 5.74) is 28.1. The van der Waals surface area contributed by atoms with Gasteiger partial charge in [-0.25, -0.2) is 0 Å². The molecule has 9 aromatic carbocycles. The summed E-state index contributed by atoms with van der Waals surface area (Å²) in [5.74, 6) is -0.0384. The fourth-order valence-corrected chi connectivity index (χ4v) is 11.6. The van der Waals surface area contributed by atoms with E-state index in [1.165, 1.54) is 116 Å². The van der Waals surface area contributed by atoms with Crippen LogP contribution in [0.25, 0.3) is 55.0 Å². The highest BCUT2D eigenvalue weighted by Crippen LogP contribution is 2.61. The minimum absolute atomic E-state index is 0.0384. The zero-order valence-electron chi connectivity index (χ0n) is 39.5. The van der Waals surface area contributed by atoms with Gasteiger partial charge in [0.15, 0.2) is 0 Å². The van der Waals surface area contributed by atoms with Crippen LogP contribution < -0.4 is 9.80 Å². The molecule has 4 heteroatoms. The van der Waals surface area contributed by atoms with Crippen molar-refractivity contribution in [1.29, 1.82) is 0 Å². The van der Waals surface area contributed by atoms with Crippen molar-refractivity contribution >= 4 is 77.7 Å². The lowest BCUT2D eigenvalue weighted by Gasteiger charge is -2.41. The van der Waals surface area contributed by atoms with Gasteiger partial charge in [-0.3, -0.25) is 0 Å². The monoisotopic (exact) mass is 864 g/mol. The zero-order valence-corrected chi connectivity index (χ0v) is 39.5. The highest BCUT2D eigenvalue weighted by molar-refractivity contribution is 6.17. The average molecular weight is 865 g/mol. The normalized spacial score (nSPS) is 13.5. The Hall–Kier alpha value is -7.82. The van der Waals surface area contributed by atoms with Gasteiger partial charge in [-0.05, 0) is 158 Å². The first-order chi connectivity index (χ1) is 32.5. The van der Waals surface area contributed by atoms with Gasteiger partial charge in [-0.2, -0.15) is 0 Å². The van der Waals surface area contributed by atoms with Crippen molar-refractivity contribution in [2.24, 2.45) is 0 Å². The first kappa shape index (κ1) is 39.5. The van der Waals surface area contributed by atoms with Crippen LogP contribution in [0.5, 0.6) is 0 Å². The van der Waals surface area contributed by atoms with Crippen LogP contribution in [-0.4, -0.2) is 9.13 Å².